The van der Waals surface area contributed by atoms with E-state index in [1.54, 1.807) is 6.07 Å². The third kappa shape index (κ3) is 2.63. The number of nitro benzene ring substituents is 1. The van der Waals surface area contributed by atoms with Gasteiger partial charge in [-0.15, -0.1) is 0 Å². The Morgan fingerprint density at radius 2 is 2.24 bits per heavy atom. The Morgan fingerprint density at radius 3 is 3.00 bits per heavy atom. The third-order valence-corrected chi connectivity index (χ3v) is 4.61. The van der Waals surface area contributed by atoms with Gasteiger partial charge in [0, 0.05) is 36.8 Å². The first-order valence-electron chi connectivity index (χ1n) is 7.34. The quantitative estimate of drug-likeness (QED) is 0.664. The van der Waals surface area contributed by atoms with Crippen molar-refractivity contribution in [2.75, 3.05) is 19.6 Å². The monoisotopic (exact) mass is 289 g/mol. The summed E-state index contributed by atoms with van der Waals surface area (Å²) in [6.07, 6.45) is 2.06. The Kier molecular flexibility index (Phi) is 3.63. The zero-order chi connectivity index (χ0) is 15.0. The van der Waals surface area contributed by atoms with Crippen LogP contribution in [0.15, 0.2) is 18.2 Å². The Bertz CT molecular complexity index is 588. The molecule has 0 aliphatic carbocycles. The molecular formula is C15H19N3O3. The van der Waals surface area contributed by atoms with Crippen LogP contribution in [0.3, 0.4) is 0 Å². The largest absolute Gasteiger partial charge is 0.338 e. The van der Waals surface area contributed by atoms with Crippen LogP contribution in [0.1, 0.15) is 28.8 Å². The first-order valence-corrected chi connectivity index (χ1v) is 7.34. The highest BCUT2D eigenvalue weighted by Gasteiger charge is 2.35. The molecular weight excluding hydrogens is 270 g/mol. The Balaban J connectivity index is 1.81. The Morgan fingerprint density at radius 1 is 1.43 bits per heavy atom. The number of fused-ring (bicyclic) bond motifs is 1. The summed E-state index contributed by atoms with van der Waals surface area (Å²) in [6.45, 7) is 4.31. The summed E-state index contributed by atoms with van der Waals surface area (Å²) in [4.78, 5) is 24.9. The van der Waals surface area contributed by atoms with Crippen molar-refractivity contribution in [2.24, 2.45) is 5.92 Å². The van der Waals surface area contributed by atoms with Gasteiger partial charge < -0.3 is 10.2 Å². The van der Waals surface area contributed by atoms with Gasteiger partial charge in [0.1, 0.15) is 0 Å². The lowest BCUT2D eigenvalue weighted by Gasteiger charge is -2.35. The summed E-state index contributed by atoms with van der Waals surface area (Å²) in [5.74, 6) is 0.434. The summed E-state index contributed by atoms with van der Waals surface area (Å²) in [5.41, 5.74) is 1.22. The van der Waals surface area contributed by atoms with Gasteiger partial charge in [-0.05, 0) is 37.8 Å². The minimum Gasteiger partial charge on any atom is -0.338 e. The number of hydrogen-bond acceptors (Lipinski definition) is 4. The van der Waals surface area contributed by atoms with Gasteiger partial charge in [0.05, 0.1) is 4.92 Å². The van der Waals surface area contributed by atoms with Crippen LogP contribution in [-0.2, 0) is 0 Å². The minimum atomic E-state index is -0.455. The minimum absolute atomic E-state index is 0.0265. The molecule has 1 aromatic carbocycles. The number of aryl methyl sites for hydroxylation is 1. The van der Waals surface area contributed by atoms with Crippen LogP contribution in [-0.4, -0.2) is 41.4 Å². The highest BCUT2D eigenvalue weighted by Crippen LogP contribution is 2.27. The molecule has 2 heterocycles. The molecule has 0 spiro atoms. The lowest BCUT2D eigenvalue weighted by Crippen LogP contribution is -2.47. The van der Waals surface area contributed by atoms with Crippen molar-refractivity contribution in [3.05, 3.63) is 39.4 Å². The van der Waals surface area contributed by atoms with Crippen molar-refractivity contribution in [2.45, 2.75) is 25.8 Å². The summed E-state index contributed by atoms with van der Waals surface area (Å²) in [6, 6.07) is 5.02. The van der Waals surface area contributed by atoms with Crippen molar-refractivity contribution in [1.29, 1.82) is 0 Å². The van der Waals surface area contributed by atoms with E-state index in [-0.39, 0.29) is 11.6 Å². The molecule has 0 aromatic heterocycles. The molecule has 2 atom stereocenters. The van der Waals surface area contributed by atoms with E-state index in [0.717, 1.165) is 38.0 Å². The number of benzene rings is 1. The first-order chi connectivity index (χ1) is 10.1. The molecule has 6 nitrogen and oxygen atoms in total. The van der Waals surface area contributed by atoms with Crippen molar-refractivity contribution in [3.63, 3.8) is 0 Å². The van der Waals surface area contributed by atoms with Gasteiger partial charge in [-0.2, -0.15) is 0 Å². The molecule has 21 heavy (non-hydrogen) atoms. The second-order valence-electron chi connectivity index (χ2n) is 5.91. The SMILES string of the molecule is Cc1ccc([N+](=O)[O-])cc1C(=O)N1CCC2NCCC2C1. The topological polar surface area (TPSA) is 75.5 Å². The Labute approximate surface area is 123 Å². The van der Waals surface area contributed by atoms with E-state index in [0.29, 0.717) is 17.5 Å². The van der Waals surface area contributed by atoms with Gasteiger partial charge in [0.15, 0.2) is 0 Å². The zero-order valence-electron chi connectivity index (χ0n) is 12.0. The number of hydrogen-bond donors (Lipinski definition) is 1. The molecule has 2 saturated heterocycles. The molecule has 2 aliphatic rings. The molecule has 6 heteroatoms. The number of rotatable bonds is 2. The van der Waals surface area contributed by atoms with Crippen LogP contribution in [0.4, 0.5) is 5.69 Å². The fourth-order valence-corrected chi connectivity index (χ4v) is 3.36. The standard InChI is InChI=1S/C15H19N3O3/c1-10-2-3-12(18(20)21)8-13(10)15(19)17-7-5-14-11(9-17)4-6-16-14/h2-3,8,11,14,16H,4-7,9H2,1H3. The summed E-state index contributed by atoms with van der Waals surface area (Å²) in [7, 11) is 0. The van der Waals surface area contributed by atoms with Crippen molar-refractivity contribution >= 4 is 11.6 Å². The summed E-state index contributed by atoms with van der Waals surface area (Å²) in [5, 5.41) is 14.4. The molecule has 0 bridgehead atoms. The van der Waals surface area contributed by atoms with E-state index in [9.17, 15) is 14.9 Å². The average Bonchev–Trinajstić information content (AvgIpc) is 2.94. The highest BCUT2D eigenvalue weighted by molar-refractivity contribution is 5.96. The second-order valence-corrected chi connectivity index (χ2v) is 5.91. The number of amides is 1. The van der Waals surface area contributed by atoms with Crippen LogP contribution in [0.25, 0.3) is 0 Å². The van der Waals surface area contributed by atoms with Crippen molar-refractivity contribution < 1.29 is 9.72 Å². The molecule has 2 unspecified atom stereocenters. The molecule has 1 aromatic rings. The van der Waals surface area contributed by atoms with Gasteiger partial charge in [-0.25, -0.2) is 0 Å². The molecule has 112 valence electrons. The maximum absolute atomic E-state index is 12.7. The maximum Gasteiger partial charge on any atom is 0.270 e. The van der Waals surface area contributed by atoms with E-state index < -0.39 is 4.92 Å². The number of nitro groups is 1. The molecule has 3 rings (SSSR count). The number of nitrogens with zero attached hydrogens (tertiary/aromatic N) is 2. The summed E-state index contributed by atoms with van der Waals surface area (Å²) < 4.78 is 0. The van der Waals surface area contributed by atoms with Crippen LogP contribution in [0.5, 0.6) is 0 Å². The highest BCUT2D eigenvalue weighted by atomic mass is 16.6. The normalized spacial score (nSPS) is 24.7. The predicted octanol–water partition coefficient (Wildman–Crippen LogP) is 1.73. The first kappa shape index (κ1) is 14.0. The van der Waals surface area contributed by atoms with Gasteiger partial charge >= 0.3 is 0 Å². The molecule has 2 fully saturated rings. The van der Waals surface area contributed by atoms with Crippen LogP contribution < -0.4 is 5.32 Å². The number of carbonyl (C=O) groups excluding carboxylic acids is 1. The van der Waals surface area contributed by atoms with Gasteiger partial charge in [-0.3, -0.25) is 14.9 Å². The van der Waals surface area contributed by atoms with Gasteiger partial charge in [0.2, 0.25) is 0 Å². The second kappa shape index (κ2) is 5.44. The number of nitrogens with one attached hydrogen (secondary N) is 1. The molecule has 1 N–H and O–H groups in total. The zero-order valence-corrected chi connectivity index (χ0v) is 12.0. The van der Waals surface area contributed by atoms with E-state index in [4.69, 9.17) is 0 Å². The van der Waals surface area contributed by atoms with E-state index in [2.05, 4.69) is 5.32 Å². The van der Waals surface area contributed by atoms with E-state index in [1.807, 2.05) is 11.8 Å². The summed E-state index contributed by atoms with van der Waals surface area (Å²) >= 11 is 0. The number of non-ortho nitro benzene ring substituents is 1. The van der Waals surface area contributed by atoms with E-state index >= 15 is 0 Å². The maximum atomic E-state index is 12.7. The molecule has 0 radical (unpaired) electrons. The van der Waals surface area contributed by atoms with Gasteiger partial charge in [-0.1, -0.05) is 6.07 Å². The molecule has 1 amide bonds. The Hall–Kier alpha value is -1.95. The number of carbonyl (C=O) groups is 1. The third-order valence-electron chi connectivity index (χ3n) is 4.61. The fraction of sp³-hybridized carbons (Fsp3) is 0.533. The smallest absolute Gasteiger partial charge is 0.270 e. The van der Waals surface area contributed by atoms with Crippen LogP contribution in [0, 0.1) is 23.0 Å². The van der Waals surface area contributed by atoms with Crippen LogP contribution in [0.2, 0.25) is 0 Å². The number of piperidine rings is 1. The average molecular weight is 289 g/mol. The lowest BCUT2D eigenvalue weighted by molar-refractivity contribution is -0.384. The lowest BCUT2D eigenvalue weighted by atomic mass is 9.92. The van der Waals surface area contributed by atoms with Gasteiger partial charge in [0.25, 0.3) is 11.6 Å². The van der Waals surface area contributed by atoms with Crippen molar-refractivity contribution in [3.8, 4) is 0 Å². The molecule has 0 saturated carbocycles. The number of likely N-dealkylation sites (tertiary alicyclic amines) is 1. The molecule has 2 aliphatic heterocycles. The predicted molar refractivity (Wildman–Crippen MR) is 78.3 cm³/mol. The van der Waals surface area contributed by atoms with Crippen molar-refractivity contribution in [1.82, 2.24) is 10.2 Å². The van der Waals surface area contributed by atoms with Crippen LogP contribution >= 0.6 is 0 Å². The van der Waals surface area contributed by atoms with E-state index in [1.165, 1.54) is 12.1 Å². The fourth-order valence-electron chi connectivity index (χ4n) is 3.36.